The Labute approximate surface area is 173 Å². The topological polar surface area (TPSA) is 92.5 Å². The lowest BCUT2D eigenvalue weighted by Crippen LogP contribution is -2.25. The van der Waals surface area contributed by atoms with E-state index in [1.807, 2.05) is 24.3 Å². The van der Waals surface area contributed by atoms with Gasteiger partial charge in [-0.2, -0.15) is 0 Å². The number of rotatable bonds is 5. The Bertz CT molecular complexity index is 1120. The molecule has 0 saturated heterocycles. The van der Waals surface area contributed by atoms with E-state index in [0.717, 1.165) is 21.2 Å². The number of anilines is 3. The van der Waals surface area contributed by atoms with Crippen LogP contribution in [0.2, 0.25) is 0 Å². The van der Waals surface area contributed by atoms with Crippen LogP contribution < -0.4 is 15.4 Å². The summed E-state index contributed by atoms with van der Waals surface area (Å²) in [4.78, 5) is 17.0. The van der Waals surface area contributed by atoms with Crippen LogP contribution in [0.5, 0.6) is 0 Å². The number of benzene rings is 3. The second-order valence-electron chi connectivity index (χ2n) is 6.56. The SMILES string of the molecule is NS(=O)(=O)c1ccc(NC(=O)CCN2c3ccccc3Sc3ccccc32)cc1. The predicted octanol–water partition coefficient (Wildman–Crippen LogP) is 3.97. The van der Waals surface area contributed by atoms with Crippen molar-refractivity contribution in [3.05, 3.63) is 72.8 Å². The molecular weight excluding hydrogens is 406 g/mol. The molecule has 1 aliphatic heterocycles. The van der Waals surface area contributed by atoms with Gasteiger partial charge in [-0.15, -0.1) is 0 Å². The molecule has 6 nitrogen and oxygen atoms in total. The molecule has 0 saturated carbocycles. The first kappa shape index (κ1) is 19.5. The Morgan fingerprint density at radius 2 is 1.45 bits per heavy atom. The molecule has 1 heterocycles. The highest BCUT2D eigenvalue weighted by molar-refractivity contribution is 7.99. The predicted molar refractivity (Wildman–Crippen MR) is 115 cm³/mol. The average Bonchev–Trinajstić information content (AvgIpc) is 2.71. The maximum atomic E-state index is 12.5. The van der Waals surface area contributed by atoms with Crippen molar-refractivity contribution in [3.8, 4) is 0 Å². The highest BCUT2D eigenvalue weighted by Crippen LogP contribution is 2.47. The molecule has 1 aliphatic rings. The maximum Gasteiger partial charge on any atom is 0.238 e. The lowest BCUT2D eigenvalue weighted by molar-refractivity contribution is -0.116. The number of fused-ring (bicyclic) bond motifs is 2. The maximum absolute atomic E-state index is 12.5. The number of amides is 1. The number of nitrogens with two attached hydrogens (primary N) is 1. The van der Waals surface area contributed by atoms with E-state index in [4.69, 9.17) is 5.14 Å². The first-order valence-corrected chi connectivity index (χ1v) is 11.3. The molecule has 0 atom stereocenters. The third kappa shape index (κ3) is 4.29. The largest absolute Gasteiger partial charge is 0.339 e. The van der Waals surface area contributed by atoms with Gasteiger partial charge in [0.1, 0.15) is 0 Å². The standard InChI is InChI=1S/C21H19N3O3S2/c22-29(26,27)16-11-9-15(10-12-16)23-21(25)13-14-24-17-5-1-3-7-19(17)28-20-8-4-2-6-18(20)24/h1-12H,13-14H2,(H,23,25)(H2,22,26,27). The Hall–Kier alpha value is -2.81. The van der Waals surface area contributed by atoms with Gasteiger partial charge in [0.25, 0.3) is 0 Å². The molecule has 0 bridgehead atoms. The number of carbonyl (C=O) groups is 1. The van der Waals surface area contributed by atoms with Gasteiger partial charge in [0.2, 0.25) is 15.9 Å². The lowest BCUT2D eigenvalue weighted by Gasteiger charge is -2.32. The van der Waals surface area contributed by atoms with Gasteiger partial charge in [0.15, 0.2) is 0 Å². The zero-order valence-corrected chi connectivity index (χ0v) is 17.0. The van der Waals surface area contributed by atoms with Crippen LogP contribution >= 0.6 is 11.8 Å². The van der Waals surface area contributed by atoms with Crippen LogP contribution in [0, 0.1) is 0 Å². The fraction of sp³-hybridized carbons (Fsp3) is 0.0952. The van der Waals surface area contributed by atoms with Crippen molar-refractivity contribution in [2.75, 3.05) is 16.8 Å². The fourth-order valence-corrected chi connectivity index (χ4v) is 4.80. The van der Waals surface area contributed by atoms with E-state index in [1.54, 1.807) is 11.8 Å². The lowest BCUT2D eigenvalue weighted by atomic mass is 10.2. The first-order valence-electron chi connectivity index (χ1n) is 8.98. The molecule has 148 valence electrons. The number of para-hydroxylation sites is 2. The van der Waals surface area contributed by atoms with E-state index in [1.165, 1.54) is 24.3 Å². The average molecular weight is 426 g/mol. The quantitative estimate of drug-likeness (QED) is 0.645. The smallest absolute Gasteiger partial charge is 0.238 e. The monoisotopic (exact) mass is 425 g/mol. The molecule has 0 spiro atoms. The number of hydrogen-bond donors (Lipinski definition) is 2. The molecule has 8 heteroatoms. The molecule has 0 aromatic heterocycles. The van der Waals surface area contributed by atoms with Crippen molar-refractivity contribution in [1.29, 1.82) is 0 Å². The highest BCUT2D eigenvalue weighted by atomic mass is 32.2. The van der Waals surface area contributed by atoms with Gasteiger partial charge >= 0.3 is 0 Å². The third-order valence-electron chi connectivity index (χ3n) is 4.56. The van der Waals surface area contributed by atoms with E-state index in [9.17, 15) is 13.2 Å². The molecule has 1 amide bonds. The summed E-state index contributed by atoms with van der Waals surface area (Å²) in [5, 5.41) is 7.90. The van der Waals surface area contributed by atoms with E-state index >= 15 is 0 Å². The molecule has 0 radical (unpaired) electrons. The van der Waals surface area contributed by atoms with Crippen LogP contribution in [0.1, 0.15) is 6.42 Å². The summed E-state index contributed by atoms with van der Waals surface area (Å²) in [7, 11) is -3.75. The zero-order chi connectivity index (χ0) is 20.4. The van der Waals surface area contributed by atoms with Crippen LogP contribution in [0.4, 0.5) is 17.1 Å². The van der Waals surface area contributed by atoms with Gasteiger partial charge in [0.05, 0.1) is 16.3 Å². The Morgan fingerprint density at radius 3 is 2.00 bits per heavy atom. The van der Waals surface area contributed by atoms with Gasteiger partial charge in [-0.05, 0) is 48.5 Å². The van der Waals surface area contributed by atoms with Crippen LogP contribution in [0.3, 0.4) is 0 Å². The number of hydrogen-bond acceptors (Lipinski definition) is 5. The number of sulfonamides is 1. The van der Waals surface area contributed by atoms with Crippen LogP contribution in [0.25, 0.3) is 0 Å². The molecule has 4 rings (SSSR count). The summed E-state index contributed by atoms with van der Waals surface area (Å²) in [6.45, 7) is 0.523. The minimum atomic E-state index is -3.75. The summed E-state index contributed by atoms with van der Waals surface area (Å²) in [6.07, 6.45) is 0.282. The van der Waals surface area contributed by atoms with Crippen LogP contribution in [-0.2, 0) is 14.8 Å². The normalized spacial score (nSPS) is 12.8. The fourth-order valence-electron chi connectivity index (χ4n) is 3.19. The Kier molecular flexibility index (Phi) is 5.31. The van der Waals surface area contributed by atoms with Gasteiger partial charge < -0.3 is 10.2 Å². The Balaban J connectivity index is 1.47. The number of primary sulfonamides is 1. The molecule has 3 N–H and O–H groups in total. The van der Waals surface area contributed by atoms with Crippen LogP contribution in [0.15, 0.2) is 87.5 Å². The minimum Gasteiger partial charge on any atom is -0.339 e. The number of nitrogens with one attached hydrogen (secondary N) is 1. The molecule has 0 fully saturated rings. The van der Waals surface area contributed by atoms with E-state index in [-0.39, 0.29) is 17.2 Å². The summed E-state index contributed by atoms with van der Waals surface area (Å²) < 4.78 is 22.7. The summed E-state index contributed by atoms with van der Waals surface area (Å²) >= 11 is 1.72. The molecular formula is C21H19N3O3S2. The number of carbonyl (C=O) groups excluding carboxylic acids is 1. The van der Waals surface area contributed by atoms with Crippen molar-refractivity contribution >= 4 is 44.8 Å². The zero-order valence-electron chi connectivity index (χ0n) is 15.4. The van der Waals surface area contributed by atoms with Gasteiger partial charge in [-0.25, -0.2) is 13.6 Å². The van der Waals surface area contributed by atoms with Crippen molar-refractivity contribution in [2.24, 2.45) is 5.14 Å². The van der Waals surface area contributed by atoms with E-state index < -0.39 is 10.0 Å². The van der Waals surface area contributed by atoms with Crippen LogP contribution in [-0.4, -0.2) is 20.9 Å². The number of nitrogens with zero attached hydrogens (tertiary/aromatic N) is 1. The van der Waals surface area contributed by atoms with Crippen molar-refractivity contribution in [1.82, 2.24) is 0 Å². The van der Waals surface area contributed by atoms with Crippen molar-refractivity contribution < 1.29 is 13.2 Å². The summed E-state index contributed by atoms with van der Waals surface area (Å²) in [5.41, 5.74) is 2.69. The van der Waals surface area contributed by atoms with Gasteiger partial charge in [-0.1, -0.05) is 36.0 Å². The van der Waals surface area contributed by atoms with E-state index in [2.05, 4.69) is 34.5 Å². The first-order chi connectivity index (χ1) is 13.9. The van der Waals surface area contributed by atoms with Crippen molar-refractivity contribution in [2.45, 2.75) is 21.1 Å². The third-order valence-corrected chi connectivity index (χ3v) is 6.62. The van der Waals surface area contributed by atoms with Gasteiger partial charge in [0, 0.05) is 28.4 Å². The second kappa shape index (κ2) is 7.90. The highest BCUT2D eigenvalue weighted by Gasteiger charge is 2.23. The molecule has 0 unspecified atom stereocenters. The second-order valence-corrected chi connectivity index (χ2v) is 9.20. The van der Waals surface area contributed by atoms with E-state index in [0.29, 0.717) is 12.2 Å². The molecule has 3 aromatic carbocycles. The van der Waals surface area contributed by atoms with Crippen molar-refractivity contribution in [3.63, 3.8) is 0 Å². The molecule has 0 aliphatic carbocycles. The van der Waals surface area contributed by atoms with Gasteiger partial charge in [-0.3, -0.25) is 4.79 Å². The Morgan fingerprint density at radius 1 is 0.897 bits per heavy atom. The summed E-state index contributed by atoms with van der Waals surface area (Å²) in [5.74, 6) is -0.151. The molecule has 29 heavy (non-hydrogen) atoms. The summed E-state index contributed by atoms with van der Waals surface area (Å²) in [6, 6.07) is 22.1. The minimum absolute atomic E-state index is 0.00882. The molecule has 3 aromatic rings.